The van der Waals surface area contributed by atoms with Gasteiger partial charge in [0.15, 0.2) is 5.69 Å². The summed E-state index contributed by atoms with van der Waals surface area (Å²) in [6.07, 6.45) is 0. The number of alkyl halides is 2. The molecule has 0 bridgehead atoms. The largest absolute Gasteiger partial charge is 0.382 e. The Morgan fingerprint density at radius 3 is 2.65 bits per heavy atom. The molecule has 2 aromatic rings. The molecular weight excluding hydrogens is 428 g/mol. The Labute approximate surface area is 185 Å². The average Bonchev–Trinajstić information content (AvgIpc) is 2.68. The van der Waals surface area contributed by atoms with Crippen LogP contribution in [0.15, 0.2) is 36.4 Å². The maximum Gasteiger partial charge on any atom is 0.282 e. The van der Waals surface area contributed by atoms with Gasteiger partial charge in [0, 0.05) is 17.7 Å². The van der Waals surface area contributed by atoms with Crippen LogP contribution in [0.4, 0.5) is 14.5 Å². The highest BCUT2D eigenvalue weighted by molar-refractivity contribution is 6.30. The maximum absolute atomic E-state index is 13.5. The van der Waals surface area contributed by atoms with Gasteiger partial charge in [-0.3, -0.25) is 4.79 Å². The number of nitrogens with zero attached hydrogens (tertiary/aromatic N) is 2. The summed E-state index contributed by atoms with van der Waals surface area (Å²) in [5.74, 6) is -3.23. The number of hydrogen-bond acceptors (Lipinski definition) is 5. The number of rotatable bonds is 9. The van der Waals surface area contributed by atoms with Crippen LogP contribution >= 0.6 is 11.6 Å². The lowest BCUT2D eigenvalue weighted by Crippen LogP contribution is -2.57. The molecule has 2 heterocycles. The number of methoxy groups -OCH3 is 1. The summed E-state index contributed by atoms with van der Waals surface area (Å²) in [6, 6.07) is 10.4. The van der Waals surface area contributed by atoms with Gasteiger partial charge in [-0.2, -0.15) is 0 Å². The fourth-order valence-electron chi connectivity index (χ4n) is 3.24. The summed E-state index contributed by atoms with van der Waals surface area (Å²) in [4.78, 5) is 19.1. The van der Waals surface area contributed by atoms with E-state index < -0.39 is 30.5 Å². The van der Waals surface area contributed by atoms with E-state index in [1.807, 2.05) is 19.9 Å². The van der Waals surface area contributed by atoms with Gasteiger partial charge < -0.3 is 19.7 Å². The van der Waals surface area contributed by atoms with E-state index in [4.69, 9.17) is 21.1 Å². The molecule has 1 aromatic carbocycles. The van der Waals surface area contributed by atoms with Crippen molar-refractivity contribution >= 4 is 23.2 Å². The number of pyridine rings is 1. The van der Waals surface area contributed by atoms with Gasteiger partial charge in [-0.1, -0.05) is 23.7 Å². The van der Waals surface area contributed by atoms with Crippen molar-refractivity contribution in [2.24, 2.45) is 0 Å². The Kier molecular flexibility index (Phi) is 7.13. The standard InChI is InChI=1S/C22H26ClF2N3O3/c1-21(2,14-31-10-9-30-3)27-20(29)19-18(28-12-22(24,25)13-28)8-7-17(26-19)15-5-4-6-16(23)11-15/h4-8,11H,9-10,12-14H2,1-3H3,(H,27,29). The molecule has 1 amide bonds. The van der Waals surface area contributed by atoms with Crippen molar-refractivity contribution in [3.63, 3.8) is 0 Å². The van der Waals surface area contributed by atoms with E-state index in [0.29, 0.717) is 29.6 Å². The first-order chi connectivity index (χ1) is 14.6. The van der Waals surface area contributed by atoms with Crippen molar-refractivity contribution in [1.82, 2.24) is 10.3 Å². The molecule has 0 atom stereocenters. The zero-order valence-electron chi connectivity index (χ0n) is 17.8. The highest BCUT2D eigenvalue weighted by atomic mass is 35.5. The molecule has 0 radical (unpaired) electrons. The third-order valence-electron chi connectivity index (χ3n) is 4.74. The zero-order valence-corrected chi connectivity index (χ0v) is 18.5. The van der Waals surface area contributed by atoms with Crippen LogP contribution in [0.25, 0.3) is 11.3 Å². The predicted molar refractivity (Wildman–Crippen MR) is 116 cm³/mol. The second kappa shape index (κ2) is 9.46. The summed E-state index contributed by atoms with van der Waals surface area (Å²) >= 11 is 6.08. The second-order valence-electron chi connectivity index (χ2n) is 8.17. The summed E-state index contributed by atoms with van der Waals surface area (Å²) in [5, 5.41) is 3.43. The Morgan fingerprint density at radius 1 is 1.26 bits per heavy atom. The number of anilines is 1. The van der Waals surface area contributed by atoms with Crippen molar-refractivity contribution in [1.29, 1.82) is 0 Å². The van der Waals surface area contributed by atoms with Crippen LogP contribution in [0, 0.1) is 0 Å². The maximum atomic E-state index is 13.5. The lowest BCUT2D eigenvalue weighted by atomic mass is 10.0. The lowest BCUT2D eigenvalue weighted by molar-refractivity contribution is -0.0264. The van der Waals surface area contributed by atoms with Crippen molar-refractivity contribution in [2.45, 2.75) is 25.3 Å². The van der Waals surface area contributed by atoms with Crippen molar-refractivity contribution in [3.8, 4) is 11.3 Å². The van der Waals surface area contributed by atoms with Gasteiger partial charge in [-0.15, -0.1) is 0 Å². The fourth-order valence-corrected chi connectivity index (χ4v) is 3.43. The Balaban J connectivity index is 1.86. The van der Waals surface area contributed by atoms with E-state index in [9.17, 15) is 13.6 Å². The average molecular weight is 454 g/mol. The summed E-state index contributed by atoms with van der Waals surface area (Å²) < 4.78 is 37.4. The molecule has 0 saturated carbocycles. The first kappa shape index (κ1) is 23.4. The van der Waals surface area contributed by atoms with Crippen molar-refractivity contribution < 1.29 is 23.0 Å². The summed E-state index contributed by atoms with van der Waals surface area (Å²) in [7, 11) is 1.58. The Hall–Kier alpha value is -2.29. The van der Waals surface area contributed by atoms with Crippen LogP contribution in [0.3, 0.4) is 0 Å². The minimum absolute atomic E-state index is 0.0814. The second-order valence-corrected chi connectivity index (χ2v) is 8.61. The number of nitrogens with one attached hydrogen (secondary N) is 1. The van der Waals surface area contributed by atoms with Gasteiger partial charge in [0.1, 0.15) is 0 Å². The van der Waals surface area contributed by atoms with E-state index in [0.717, 1.165) is 5.56 Å². The van der Waals surface area contributed by atoms with Crippen molar-refractivity contribution in [3.05, 3.63) is 47.1 Å². The molecule has 3 rings (SSSR count). The van der Waals surface area contributed by atoms with Gasteiger partial charge in [-0.25, -0.2) is 13.8 Å². The lowest BCUT2D eigenvalue weighted by Gasteiger charge is -2.41. The molecule has 1 aromatic heterocycles. The molecule has 31 heavy (non-hydrogen) atoms. The first-order valence-electron chi connectivity index (χ1n) is 9.89. The Morgan fingerprint density at radius 2 is 2.00 bits per heavy atom. The van der Waals surface area contributed by atoms with E-state index in [1.54, 1.807) is 37.4 Å². The van der Waals surface area contributed by atoms with E-state index >= 15 is 0 Å². The van der Waals surface area contributed by atoms with Crippen LogP contribution < -0.4 is 10.2 Å². The number of amides is 1. The zero-order chi connectivity index (χ0) is 22.6. The molecule has 1 N–H and O–H groups in total. The van der Waals surface area contributed by atoms with Gasteiger partial charge in [0.2, 0.25) is 0 Å². The number of hydrogen-bond donors (Lipinski definition) is 1. The molecule has 0 spiro atoms. The highest BCUT2D eigenvalue weighted by Gasteiger charge is 2.45. The molecule has 1 aliphatic heterocycles. The molecule has 0 aliphatic carbocycles. The van der Waals surface area contributed by atoms with Crippen LogP contribution in [-0.4, -0.2) is 62.4 Å². The predicted octanol–water partition coefficient (Wildman–Crippen LogP) is 4.03. The SMILES string of the molecule is COCCOCC(C)(C)NC(=O)c1nc(-c2cccc(Cl)c2)ccc1N1CC(F)(F)C1. The number of ether oxygens (including phenoxy) is 2. The molecule has 6 nitrogen and oxygen atoms in total. The smallest absolute Gasteiger partial charge is 0.282 e. The van der Waals surface area contributed by atoms with E-state index in [1.165, 1.54) is 4.90 Å². The van der Waals surface area contributed by atoms with Crippen molar-refractivity contribution in [2.75, 3.05) is 44.9 Å². The molecule has 168 valence electrons. The molecule has 1 fully saturated rings. The molecule has 9 heteroatoms. The topological polar surface area (TPSA) is 63.7 Å². The highest BCUT2D eigenvalue weighted by Crippen LogP contribution is 2.34. The monoisotopic (exact) mass is 453 g/mol. The van der Waals surface area contributed by atoms with E-state index in [2.05, 4.69) is 10.3 Å². The van der Waals surface area contributed by atoms with Crippen LogP contribution in [0.2, 0.25) is 5.02 Å². The number of benzene rings is 1. The van der Waals surface area contributed by atoms with Gasteiger partial charge in [0.05, 0.1) is 49.8 Å². The molecule has 0 unspecified atom stereocenters. The fraction of sp³-hybridized carbons (Fsp3) is 0.455. The van der Waals surface area contributed by atoms with Gasteiger partial charge >= 0.3 is 0 Å². The van der Waals surface area contributed by atoms with Gasteiger partial charge in [-0.05, 0) is 38.1 Å². The van der Waals surface area contributed by atoms with Crippen LogP contribution in [-0.2, 0) is 9.47 Å². The summed E-state index contributed by atoms with van der Waals surface area (Å²) in [5.41, 5.74) is 1.000. The number of carbonyl (C=O) groups excluding carboxylic acids is 1. The van der Waals surface area contributed by atoms with Crippen LogP contribution in [0.5, 0.6) is 0 Å². The Bertz CT molecular complexity index is 932. The number of halogens is 3. The first-order valence-corrected chi connectivity index (χ1v) is 10.3. The summed E-state index contributed by atoms with van der Waals surface area (Å²) in [6.45, 7) is 3.83. The minimum atomic E-state index is -2.77. The van der Waals surface area contributed by atoms with Crippen LogP contribution in [0.1, 0.15) is 24.3 Å². The minimum Gasteiger partial charge on any atom is -0.382 e. The molecular formula is C22H26ClF2N3O3. The third-order valence-corrected chi connectivity index (χ3v) is 4.98. The van der Waals surface area contributed by atoms with E-state index in [-0.39, 0.29) is 12.3 Å². The third kappa shape index (κ3) is 6.12. The normalized spacial score (nSPS) is 15.5. The number of carbonyl (C=O) groups is 1. The molecule has 1 saturated heterocycles. The van der Waals surface area contributed by atoms with Gasteiger partial charge in [0.25, 0.3) is 11.8 Å². The number of aromatic nitrogens is 1. The quantitative estimate of drug-likeness (QED) is 0.581. The molecule has 1 aliphatic rings.